The Kier molecular flexibility index (Phi) is 6.05. The van der Waals surface area contributed by atoms with Gasteiger partial charge in [0, 0.05) is 11.3 Å². The van der Waals surface area contributed by atoms with Crippen molar-refractivity contribution in [3.63, 3.8) is 0 Å². The van der Waals surface area contributed by atoms with Gasteiger partial charge in [0.2, 0.25) is 0 Å². The number of carbonyl (C=O) groups is 1. The second-order valence-electron chi connectivity index (χ2n) is 7.27. The number of rotatable bonds is 5. The van der Waals surface area contributed by atoms with E-state index in [1.54, 1.807) is 36.4 Å². The quantitative estimate of drug-likeness (QED) is 0.489. The molecule has 3 aromatic rings. The molecule has 6 nitrogen and oxygen atoms in total. The molecule has 0 fully saturated rings. The number of hydrogen-bond acceptors (Lipinski definition) is 5. The van der Waals surface area contributed by atoms with E-state index < -0.39 is 24.2 Å². The first kappa shape index (κ1) is 22.1. The highest BCUT2D eigenvalue weighted by Crippen LogP contribution is 2.44. The van der Waals surface area contributed by atoms with Gasteiger partial charge >= 0.3 is 6.18 Å². The molecule has 4 rings (SSSR count). The molecule has 10 heteroatoms. The smallest absolute Gasteiger partial charge is 0.410 e. The van der Waals surface area contributed by atoms with E-state index in [-0.39, 0.29) is 17.8 Å². The Morgan fingerprint density at radius 2 is 2.03 bits per heavy atom. The highest BCUT2D eigenvalue weighted by Gasteiger charge is 2.47. The van der Waals surface area contributed by atoms with E-state index in [0.717, 1.165) is 9.58 Å². The number of alkyl halides is 3. The Morgan fingerprint density at radius 1 is 1.25 bits per heavy atom. The number of nitrogens with zero attached hydrogens (tertiary/aromatic N) is 2. The van der Waals surface area contributed by atoms with Crippen LogP contribution in [0, 0.1) is 0 Å². The van der Waals surface area contributed by atoms with Gasteiger partial charge < -0.3 is 15.4 Å². The number of benzene rings is 2. The van der Waals surface area contributed by atoms with Crippen molar-refractivity contribution in [2.75, 3.05) is 24.0 Å². The fourth-order valence-electron chi connectivity index (χ4n) is 3.74. The summed E-state index contributed by atoms with van der Waals surface area (Å²) >= 11 is 1.46. The van der Waals surface area contributed by atoms with Crippen molar-refractivity contribution in [1.29, 1.82) is 0 Å². The number of nitrogens with one attached hydrogen (secondary N) is 2. The molecule has 0 bridgehead atoms. The lowest BCUT2D eigenvalue weighted by Crippen LogP contribution is -2.36. The van der Waals surface area contributed by atoms with Crippen LogP contribution in [0.3, 0.4) is 0 Å². The van der Waals surface area contributed by atoms with Crippen LogP contribution in [-0.2, 0) is 0 Å². The van der Waals surface area contributed by atoms with E-state index >= 15 is 0 Å². The number of amides is 1. The van der Waals surface area contributed by atoms with E-state index in [1.165, 1.54) is 25.1 Å². The van der Waals surface area contributed by atoms with Crippen molar-refractivity contribution < 1.29 is 22.7 Å². The van der Waals surface area contributed by atoms with Gasteiger partial charge in [0.15, 0.2) is 6.04 Å². The minimum absolute atomic E-state index is 0.0329. The summed E-state index contributed by atoms with van der Waals surface area (Å²) in [5.41, 5.74) is 1.25. The standard InChI is InChI=1S/C22H21F3N4O2S/c1-31-14-7-5-6-13(10-14)17-11-19(22(23,24)25)29-20(27-17)15(12-26-29)21(30)28-16-8-3-4-9-18(16)32-2/h3-10,12,17,19,27H,11H2,1-2H3,(H,28,30)/t17-,19-/m0/s1. The van der Waals surface area contributed by atoms with E-state index in [9.17, 15) is 18.0 Å². The van der Waals surface area contributed by atoms with E-state index in [1.807, 2.05) is 18.4 Å². The minimum Gasteiger partial charge on any atom is -0.497 e. The fraction of sp³-hybridized carbons (Fsp3) is 0.273. The first-order valence-electron chi connectivity index (χ1n) is 9.81. The van der Waals surface area contributed by atoms with E-state index in [4.69, 9.17) is 4.74 Å². The molecule has 0 unspecified atom stereocenters. The monoisotopic (exact) mass is 462 g/mol. The van der Waals surface area contributed by atoms with Crippen LogP contribution in [0.4, 0.5) is 24.7 Å². The number of halogens is 3. The van der Waals surface area contributed by atoms with Crippen molar-refractivity contribution in [1.82, 2.24) is 9.78 Å². The second kappa shape index (κ2) is 8.78. The maximum Gasteiger partial charge on any atom is 0.410 e. The molecule has 0 saturated carbocycles. The Hall–Kier alpha value is -3.14. The number of carbonyl (C=O) groups excluding carboxylic acids is 1. The van der Waals surface area contributed by atoms with Gasteiger partial charge in [-0.15, -0.1) is 11.8 Å². The predicted octanol–water partition coefficient (Wildman–Crippen LogP) is 5.53. The molecule has 2 heterocycles. The number of ether oxygens (including phenoxy) is 1. The van der Waals surface area contributed by atoms with Gasteiger partial charge in [-0.2, -0.15) is 18.3 Å². The molecule has 1 aliphatic heterocycles. The minimum atomic E-state index is -4.53. The van der Waals surface area contributed by atoms with Crippen LogP contribution < -0.4 is 15.4 Å². The fourth-order valence-corrected chi connectivity index (χ4v) is 4.30. The van der Waals surface area contributed by atoms with Gasteiger partial charge in [0.1, 0.15) is 17.1 Å². The lowest BCUT2D eigenvalue weighted by molar-refractivity contribution is -0.173. The highest BCUT2D eigenvalue weighted by molar-refractivity contribution is 7.98. The lowest BCUT2D eigenvalue weighted by atomic mass is 9.96. The van der Waals surface area contributed by atoms with Crippen molar-refractivity contribution in [3.8, 4) is 5.75 Å². The Bertz CT molecular complexity index is 1130. The van der Waals surface area contributed by atoms with Gasteiger partial charge in [0.05, 0.1) is 25.0 Å². The summed E-state index contributed by atoms with van der Waals surface area (Å²) in [5.74, 6) is 0.0385. The van der Waals surface area contributed by atoms with Crippen LogP contribution >= 0.6 is 11.8 Å². The Balaban J connectivity index is 1.70. The molecule has 0 radical (unpaired) electrons. The third-order valence-corrected chi connectivity index (χ3v) is 6.13. The summed E-state index contributed by atoms with van der Waals surface area (Å²) in [4.78, 5) is 13.8. The normalized spacial score (nSPS) is 17.9. The first-order chi connectivity index (χ1) is 15.3. The second-order valence-corrected chi connectivity index (χ2v) is 8.12. The van der Waals surface area contributed by atoms with Crippen LogP contribution in [0.5, 0.6) is 5.75 Å². The zero-order chi connectivity index (χ0) is 22.9. The third-order valence-electron chi connectivity index (χ3n) is 5.33. The van der Waals surface area contributed by atoms with E-state index in [0.29, 0.717) is 17.0 Å². The maximum atomic E-state index is 13.9. The number of methoxy groups -OCH3 is 1. The molecule has 32 heavy (non-hydrogen) atoms. The number of thioether (sulfide) groups is 1. The summed E-state index contributed by atoms with van der Waals surface area (Å²) in [6, 6.07) is 11.5. The summed E-state index contributed by atoms with van der Waals surface area (Å²) in [6.07, 6.45) is -1.74. The Morgan fingerprint density at radius 3 is 2.75 bits per heavy atom. The molecule has 0 saturated heterocycles. The lowest BCUT2D eigenvalue weighted by Gasteiger charge is -2.34. The summed E-state index contributed by atoms with van der Waals surface area (Å²) in [5, 5.41) is 9.79. The molecule has 0 aliphatic carbocycles. The number of aromatic nitrogens is 2. The number of fused-ring (bicyclic) bond motifs is 1. The number of hydrogen-bond donors (Lipinski definition) is 2. The van der Waals surface area contributed by atoms with Gasteiger partial charge in [0.25, 0.3) is 5.91 Å². The van der Waals surface area contributed by atoms with Crippen LogP contribution in [0.2, 0.25) is 0 Å². The molecular weight excluding hydrogens is 441 g/mol. The van der Waals surface area contributed by atoms with Crippen molar-refractivity contribution in [2.24, 2.45) is 0 Å². The largest absolute Gasteiger partial charge is 0.497 e. The first-order valence-corrected chi connectivity index (χ1v) is 11.0. The summed E-state index contributed by atoms with van der Waals surface area (Å²) < 4.78 is 47.7. The molecule has 2 aromatic carbocycles. The van der Waals surface area contributed by atoms with Gasteiger partial charge in [-0.05, 0) is 36.1 Å². The average Bonchev–Trinajstić information content (AvgIpc) is 3.22. The molecule has 168 valence electrons. The third kappa shape index (κ3) is 4.27. The van der Waals surface area contributed by atoms with Gasteiger partial charge in [-0.3, -0.25) is 4.79 Å². The van der Waals surface area contributed by atoms with Crippen LogP contribution in [0.1, 0.15) is 34.4 Å². The zero-order valence-electron chi connectivity index (χ0n) is 17.3. The molecule has 2 atom stereocenters. The number of para-hydroxylation sites is 1. The molecule has 1 amide bonds. The number of anilines is 2. The van der Waals surface area contributed by atoms with Crippen molar-refractivity contribution >= 4 is 29.2 Å². The maximum absolute atomic E-state index is 13.9. The summed E-state index contributed by atoms with van der Waals surface area (Å²) in [7, 11) is 1.50. The molecule has 1 aromatic heterocycles. The molecular formula is C22H21F3N4O2S. The Labute approximate surface area is 187 Å². The molecule has 2 N–H and O–H groups in total. The van der Waals surface area contributed by atoms with E-state index in [2.05, 4.69) is 15.7 Å². The van der Waals surface area contributed by atoms with Crippen molar-refractivity contribution in [3.05, 3.63) is 65.9 Å². The predicted molar refractivity (Wildman–Crippen MR) is 117 cm³/mol. The molecule has 1 aliphatic rings. The summed E-state index contributed by atoms with van der Waals surface area (Å²) in [6.45, 7) is 0. The van der Waals surface area contributed by atoms with Crippen LogP contribution in [0.15, 0.2) is 59.6 Å². The van der Waals surface area contributed by atoms with Crippen molar-refractivity contribution in [2.45, 2.75) is 29.6 Å². The van der Waals surface area contributed by atoms with Gasteiger partial charge in [-0.1, -0.05) is 24.3 Å². The average molecular weight is 462 g/mol. The zero-order valence-corrected chi connectivity index (χ0v) is 18.1. The van der Waals surface area contributed by atoms with Gasteiger partial charge in [-0.25, -0.2) is 4.68 Å². The SMILES string of the molecule is COc1cccc([C@@H]2C[C@@H](C(F)(F)F)n3ncc(C(=O)Nc4ccccc4SC)c3N2)c1. The topological polar surface area (TPSA) is 68.2 Å². The highest BCUT2D eigenvalue weighted by atomic mass is 32.2. The molecule has 0 spiro atoms. The van der Waals surface area contributed by atoms with Crippen LogP contribution in [-0.4, -0.2) is 35.2 Å². The van der Waals surface area contributed by atoms with Crippen LogP contribution in [0.25, 0.3) is 0 Å².